The summed E-state index contributed by atoms with van der Waals surface area (Å²) in [5.74, 6) is 2.39. The van der Waals surface area contributed by atoms with E-state index in [-0.39, 0.29) is 0 Å². The van der Waals surface area contributed by atoms with Crippen LogP contribution in [0.2, 0.25) is 0 Å². The van der Waals surface area contributed by atoms with Crippen molar-refractivity contribution in [3.8, 4) is 0 Å². The summed E-state index contributed by atoms with van der Waals surface area (Å²) in [5.41, 5.74) is 2.15. The Labute approximate surface area is 248 Å². The summed E-state index contributed by atoms with van der Waals surface area (Å²) in [7, 11) is -1.51. The minimum Gasteiger partial charge on any atom is -0.355 e. The molecule has 1 fully saturated rings. The van der Waals surface area contributed by atoms with Crippen molar-refractivity contribution in [3.63, 3.8) is 0 Å². The van der Waals surface area contributed by atoms with Gasteiger partial charge in [0.05, 0.1) is 10.4 Å². The van der Waals surface area contributed by atoms with Crippen LogP contribution < -0.4 is 14.9 Å². The number of rotatable bonds is 10. The highest BCUT2D eigenvalue weighted by atomic mass is 32.2. The first-order valence-corrected chi connectivity index (χ1v) is 16.2. The van der Waals surface area contributed by atoms with Gasteiger partial charge < -0.3 is 10.2 Å². The van der Waals surface area contributed by atoms with E-state index in [0.29, 0.717) is 29.2 Å². The fourth-order valence-electron chi connectivity index (χ4n) is 5.97. The SMILES string of the molecule is CN(Cc1ccccc1)c1nc(NCC2CCC(CNS(=O)(=O)c3cccc4ccccc34)CC2)nc2ccccc12. The molecule has 0 saturated heterocycles. The summed E-state index contributed by atoms with van der Waals surface area (Å²) in [5, 5.41) is 6.24. The molecule has 7 nitrogen and oxygen atoms in total. The quantitative estimate of drug-likeness (QED) is 0.193. The van der Waals surface area contributed by atoms with Crippen LogP contribution in [0.5, 0.6) is 0 Å². The first-order chi connectivity index (χ1) is 20.5. The van der Waals surface area contributed by atoms with Crippen molar-refractivity contribution < 1.29 is 8.42 Å². The Bertz CT molecular complexity index is 1760. The van der Waals surface area contributed by atoms with Gasteiger partial charge in [0, 0.05) is 37.5 Å². The summed E-state index contributed by atoms with van der Waals surface area (Å²) >= 11 is 0. The number of hydrogen-bond acceptors (Lipinski definition) is 6. The van der Waals surface area contributed by atoms with Crippen LogP contribution in [0.1, 0.15) is 31.2 Å². The lowest BCUT2D eigenvalue weighted by Crippen LogP contribution is -2.32. The number of aromatic nitrogens is 2. The van der Waals surface area contributed by atoms with Gasteiger partial charge in [-0.05, 0) is 66.7 Å². The molecule has 4 aromatic carbocycles. The van der Waals surface area contributed by atoms with E-state index in [2.05, 4.69) is 52.3 Å². The molecular formula is C34H37N5O2S. The van der Waals surface area contributed by atoms with Gasteiger partial charge in [0.1, 0.15) is 5.82 Å². The van der Waals surface area contributed by atoms with Crippen LogP contribution in [0.25, 0.3) is 21.7 Å². The van der Waals surface area contributed by atoms with Gasteiger partial charge in [-0.3, -0.25) is 0 Å². The van der Waals surface area contributed by atoms with Crippen molar-refractivity contribution in [1.29, 1.82) is 0 Å². The first-order valence-electron chi connectivity index (χ1n) is 14.7. The normalized spacial score (nSPS) is 17.4. The highest BCUT2D eigenvalue weighted by Crippen LogP contribution is 2.30. The first kappa shape index (κ1) is 28.1. The van der Waals surface area contributed by atoms with Crippen LogP contribution in [0.15, 0.2) is 102 Å². The Morgan fingerprint density at radius 1 is 0.738 bits per heavy atom. The third-order valence-electron chi connectivity index (χ3n) is 8.32. The molecular weight excluding hydrogens is 542 g/mol. The Morgan fingerprint density at radius 2 is 1.38 bits per heavy atom. The average Bonchev–Trinajstić information content (AvgIpc) is 3.03. The molecule has 2 N–H and O–H groups in total. The predicted molar refractivity (Wildman–Crippen MR) is 171 cm³/mol. The summed E-state index contributed by atoms with van der Waals surface area (Å²) in [6.45, 7) is 2.03. The summed E-state index contributed by atoms with van der Waals surface area (Å²) in [4.78, 5) is 12.3. The molecule has 1 aromatic heterocycles. The Hall–Kier alpha value is -4.01. The van der Waals surface area contributed by atoms with Gasteiger partial charge in [-0.25, -0.2) is 18.1 Å². The molecule has 0 aliphatic heterocycles. The van der Waals surface area contributed by atoms with Crippen LogP contribution >= 0.6 is 0 Å². The van der Waals surface area contributed by atoms with Gasteiger partial charge in [-0.1, -0.05) is 78.9 Å². The van der Waals surface area contributed by atoms with E-state index in [0.717, 1.165) is 66.3 Å². The van der Waals surface area contributed by atoms with E-state index in [1.807, 2.05) is 54.6 Å². The van der Waals surface area contributed by atoms with Crippen molar-refractivity contribution in [1.82, 2.24) is 14.7 Å². The van der Waals surface area contributed by atoms with E-state index in [1.165, 1.54) is 5.56 Å². The summed E-state index contributed by atoms with van der Waals surface area (Å²) in [6, 6.07) is 31.6. The van der Waals surface area contributed by atoms with Crippen LogP contribution in [0, 0.1) is 11.8 Å². The van der Waals surface area contributed by atoms with Crippen molar-refractivity contribution in [2.75, 3.05) is 30.4 Å². The lowest BCUT2D eigenvalue weighted by atomic mass is 9.82. The number of nitrogens with one attached hydrogen (secondary N) is 2. The smallest absolute Gasteiger partial charge is 0.241 e. The predicted octanol–water partition coefficient (Wildman–Crippen LogP) is 6.62. The van der Waals surface area contributed by atoms with E-state index in [4.69, 9.17) is 9.97 Å². The standard InChI is InChI=1S/C34H37N5O2S/c1-39(24-27-10-3-2-4-11-27)33-30-15-7-8-16-31(30)37-34(38-33)35-22-25-18-20-26(21-19-25)23-36-42(40,41)32-17-9-13-28-12-5-6-14-29(28)32/h2-17,25-26,36H,18-24H2,1H3,(H,35,37,38). The number of para-hydroxylation sites is 1. The van der Waals surface area contributed by atoms with Crippen LogP contribution in [-0.2, 0) is 16.6 Å². The van der Waals surface area contributed by atoms with Gasteiger partial charge in [0.15, 0.2) is 0 Å². The molecule has 0 bridgehead atoms. The molecule has 8 heteroatoms. The van der Waals surface area contributed by atoms with E-state index >= 15 is 0 Å². The zero-order valence-corrected chi connectivity index (χ0v) is 24.7. The van der Waals surface area contributed by atoms with Crippen molar-refractivity contribution in [2.24, 2.45) is 11.8 Å². The largest absolute Gasteiger partial charge is 0.355 e. The minimum atomic E-state index is -3.58. The number of anilines is 2. The molecule has 1 aliphatic carbocycles. The highest BCUT2D eigenvalue weighted by molar-refractivity contribution is 7.89. The van der Waals surface area contributed by atoms with Gasteiger partial charge in [0.25, 0.3) is 0 Å². The second-order valence-corrected chi connectivity index (χ2v) is 13.1. The topological polar surface area (TPSA) is 87.2 Å². The van der Waals surface area contributed by atoms with E-state index < -0.39 is 10.0 Å². The Balaban J connectivity index is 1.05. The lowest BCUT2D eigenvalue weighted by Gasteiger charge is -2.29. The number of hydrogen-bond donors (Lipinski definition) is 2. The molecule has 5 aromatic rings. The molecule has 1 heterocycles. The summed E-state index contributed by atoms with van der Waals surface area (Å²) < 4.78 is 29.2. The van der Waals surface area contributed by atoms with Gasteiger partial charge in [0.2, 0.25) is 16.0 Å². The fraction of sp³-hybridized carbons (Fsp3) is 0.294. The molecule has 6 rings (SSSR count). The Kier molecular flexibility index (Phi) is 8.35. The zero-order chi connectivity index (χ0) is 28.9. The molecule has 1 saturated carbocycles. The van der Waals surface area contributed by atoms with Gasteiger partial charge in [-0.2, -0.15) is 4.98 Å². The molecule has 1 aliphatic rings. The monoisotopic (exact) mass is 579 g/mol. The molecule has 0 spiro atoms. The molecule has 216 valence electrons. The Morgan fingerprint density at radius 3 is 2.17 bits per heavy atom. The molecule has 0 atom stereocenters. The van der Waals surface area contributed by atoms with Gasteiger partial charge in [-0.15, -0.1) is 0 Å². The maximum absolute atomic E-state index is 13.1. The van der Waals surface area contributed by atoms with Crippen molar-refractivity contribution >= 4 is 43.5 Å². The third-order valence-corrected chi connectivity index (χ3v) is 9.81. The molecule has 0 amide bonds. The number of nitrogens with zero attached hydrogens (tertiary/aromatic N) is 3. The van der Waals surface area contributed by atoms with Crippen LogP contribution in [-0.4, -0.2) is 38.5 Å². The lowest BCUT2D eigenvalue weighted by molar-refractivity contribution is 0.284. The highest BCUT2D eigenvalue weighted by Gasteiger charge is 2.24. The summed E-state index contributed by atoms with van der Waals surface area (Å²) in [6.07, 6.45) is 4.08. The van der Waals surface area contributed by atoms with Crippen LogP contribution in [0.3, 0.4) is 0 Å². The van der Waals surface area contributed by atoms with Crippen LogP contribution in [0.4, 0.5) is 11.8 Å². The number of benzene rings is 4. The maximum atomic E-state index is 13.1. The van der Waals surface area contributed by atoms with E-state index in [1.54, 1.807) is 12.1 Å². The van der Waals surface area contributed by atoms with Crippen molar-refractivity contribution in [2.45, 2.75) is 37.1 Å². The fourth-order valence-corrected chi connectivity index (χ4v) is 7.32. The van der Waals surface area contributed by atoms with Gasteiger partial charge >= 0.3 is 0 Å². The third kappa shape index (κ3) is 6.40. The molecule has 0 radical (unpaired) electrons. The number of fused-ring (bicyclic) bond motifs is 2. The van der Waals surface area contributed by atoms with Crippen molar-refractivity contribution in [3.05, 3.63) is 103 Å². The number of sulfonamides is 1. The molecule has 0 unspecified atom stereocenters. The zero-order valence-electron chi connectivity index (χ0n) is 23.9. The maximum Gasteiger partial charge on any atom is 0.241 e. The average molecular weight is 580 g/mol. The van der Waals surface area contributed by atoms with E-state index in [9.17, 15) is 8.42 Å². The molecule has 42 heavy (non-hydrogen) atoms. The second kappa shape index (κ2) is 12.5. The second-order valence-electron chi connectivity index (χ2n) is 11.3. The minimum absolute atomic E-state index is 0.334.